The Morgan fingerprint density at radius 3 is 1.89 bits per heavy atom. The number of carboxylic acid groups (broad SMARTS) is 2. The summed E-state index contributed by atoms with van der Waals surface area (Å²) in [6.45, 7) is 3.52. The molecule has 1 unspecified atom stereocenters. The molecule has 1 atom stereocenters. The van der Waals surface area contributed by atoms with Crippen LogP contribution >= 0.6 is 0 Å². The molecular formula is C14H24O4. The molecule has 4 nitrogen and oxygen atoms in total. The molecule has 0 radical (unpaired) electrons. The van der Waals surface area contributed by atoms with Crippen molar-refractivity contribution < 1.29 is 19.8 Å². The van der Waals surface area contributed by atoms with E-state index in [0.29, 0.717) is 6.42 Å². The third-order valence-corrected chi connectivity index (χ3v) is 3.01. The molecule has 18 heavy (non-hydrogen) atoms. The average molecular weight is 256 g/mol. The number of carbonyl (C=O) groups is 2. The normalized spacial score (nSPS) is 12.0. The van der Waals surface area contributed by atoms with Gasteiger partial charge in [0, 0.05) is 6.42 Å². The van der Waals surface area contributed by atoms with Gasteiger partial charge in [-0.1, -0.05) is 44.6 Å². The molecule has 0 bridgehead atoms. The highest BCUT2D eigenvalue weighted by Gasteiger charge is 2.11. The Morgan fingerprint density at radius 2 is 1.44 bits per heavy atom. The molecule has 0 saturated heterocycles. The number of unbranched alkanes of at least 4 members (excludes halogenated alkanes) is 6. The van der Waals surface area contributed by atoms with E-state index in [1.165, 1.54) is 6.08 Å². The molecule has 0 saturated carbocycles. The van der Waals surface area contributed by atoms with Gasteiger partial charge >= 0.3 is 11.9 Å². The van der Waals surface area contributed by atoms with E-state index in [1.807, 2.05) is 0 Å². The lowest BCUT2D eigenvalue weighted by Crippen LogP contribution is -2.10. The summed E-state index contributed by atoms with van der Waals surface area (Å²) in [4.78, 5) is 21.0. The molecule has 0 rings (SSSR count). The van der Waals surface area contributed by atoms with E-state index < -0.39 is 17.9 Å². The maximum absolute atomic E-state index is 10.7. The summed E-state index contributed by atoms with van der Waals surface area (Å²) in [5.74, 6) is -1.93. The largest absolute Gasteiger partial charge is 0.481 e. The Morgan fingerprint density at radius 1 is 0.944 bits per heavy atom. The zero-order valence-electron chi connectivity index (χ0n) is 10.9. The van der Waals surface area contributed by atoms with Crippen LogP contribution < -0.4 is 0 Å². The van der Waals surface area contributed by atoms with Crippen molar-refractivity contribution in [2.24, 2.45) is 5.92 Å². The summed E-state index contributed by atoms with van der Waals surface area (Å²) in [5.41, 5.74) is 0. The highest BCUT2D eigenvalue weighted by Crippen LogP contribution is 2.14. The summed E-state index contributed by atoms with van der Waals surface area (Å²) >= 11 is 0. The van der Waals surface area contributed by atoms with Crippen molar-refractivity contribution in [3.63, 3.8) is 0 Å². The Labute approximate surface area is 109 Å². The first-order valence-corrected chi connectivity index (χ1v) is 6.65. The zero-order chi connectivity index (χ0) is 13.8. The molecule has 0 heterocycles. The third-order valence-electron chi connectivity index (χ3n) is 3.01. The number of rotatable bonds is 12. The van der Waals surface area contributed by atoms with Crippen LogP contribution in [0.2, 0.25) is 0 Å². The van der Waals surface area contributed by atoms with E-state index in [0.717, 1.165) is 44.9 Å². The molecule has 0 amide bonds. The molecular weight excluding hydrogens is 232 g/mol. The minimum atomic E-state index is -0.793. The molecule has 0 fully saturated rings. The van der Waals surface area contributed by atoms with Crippen molar-refractivity contribution in [1.82, 2.24) is 0 Å². The molecule has 104 valence electrons. The van der Waals surface area contributed by atoms with Crippen molar-refractivity contribution in [1.29, 1.82) is 0 Å². The van der Waals surface area contributed by atoms with Gasteiger partial charge in [0.2, 0.25) is 0 Å². The predicted octanol–water partition coefficient (Wildman–Crippen LogP) is 3.47. The first-order valence-electron chi connectivity index (χ1n) is 6.65. The summed E-state index contributed by atoms with van der Waals surface area (Å²) in [7, 11) is 0. The van der Waals surface area contributed by atoms with Crippen LogP contribution in [0.4, 0.5) is 0 Å². The van der Waals surface area contributed by atoms with Gasteiger partial charge in [-0.25, -0.2) is 0 Å². The molecule has 0 aromatic rings. The van der Waals surface area contributed by atoms with Gasteiger partial charge < -0.3 is 10.2 Å². The fourth-order valence-corrected chi connectivity index (χ4v) is 1.87. The second-order valence-corrected chi connectivity index (χ2v) is 4.59. The van der Waals surface area contributed by atoms with E-state index in [2.05, 4.69) is 6.58 Å². The van der Waals surface area contributed by atoms with E-state index >= 15 is 0 Å². The maximum Gasteiger partial charge on any atom is 0.310 e. The van der Waals surface area contributed by atoms with Crippen LogP contribution in [0.3, 0.4) is 0 Å². The average Bonchev–Trinajstić information content (AvgIpc) is 2.31. The summed E-state index contributed by atoms with van der Waals surface area (Å²) in [6.07, 6.45) is 9.36. The second-order valence-electron chi connectivity index (χ2n) is 4.59. The summed E-state index contributed by atoms with van der Waals surface area (Å²) in [6, 6.07) is 0. The molecule has 0 aromatic heterocycles. The van der Waals surface area contributed by atoms with Crippen LogP contribution in [0, 0.1) is 5.92 Å². The molecule has 2 N–H and O–H groups in total. The van der Waals surface area contributed by atoms with E-state index in [-0.39, 0.29) is 6.42 Å². The smallest absolute Gasteiger partial charge is 0.310 e. The lowest BCUT2D eigenvalue weighted by Gasteiger charge is -2.06. The second kappa shape index (κ2) is 10.8. The van der Waals surface area contributed by atoms with Crippen molar-refractivity contribution in [3.8, 4) is 0 Å². The monoisotopic (exact) mass is 256 g/mol. The fraction of sp³-hybridized carbons (Fsp3) is 0.714. The molecule has 0 spiro atoms. The van der Waals surface area contributed by atoms with Crippen LogP contribution in [0.15, 0.2) is 12.7 Å². The minimum Gasteiger partial charge on any atom is -0.481 e. The highest BCUT2D eigenvalue weighted by molar-refractivity contribution is 5.71. The molecule has 0 aliphatic carbocycles. The molecule has 0 aliphatic heterocycles. The van der Waals surface area contributed by atoms with Crippen LogP contribution in [-0.2, 0) is 9.59 Å². The van der Waals surface area contributed by atoms with Gasteiger partial charge in [0.05, 0.1) is 5.92 Å². The standard InChI is InChI=1S/C14H24O4/c1-2-12(14(17)18)10-8-6-4-3-5-7-9-11-13(15)16/h2,12H,1,3-11H2,(H,15,16)(H,17,18). The van der Waals surface area contributed by atoms with Gasteiger partial charge in [0.1, 0.15) is 0 Å². The van der Waals surface area contributed by atoms with E-state index in [1.54, 1.807) is 0 Å². The van der Waals surface area contributed by atoms with Crippen LogP contribution in [0.25, 0.3) is 0 Å². The van der Waals surface area contributed by atoms with Gasteiger partial charge in [-0.3, -0.25) is 9.59 Å². The summed E-state index contributed by atoms with van der Waals surface area (Å²) in [5, 5.41) is 17.2. The van der Waals surface area contributed by atoms with Crippen LogP contribution in [0.1, 0.15) is 57.8 Å². The maximum atomic E-state index is 10.7. The van der Waals surface area contributed by atoms with Crippen molar-refractivity contribution in [2.75, 3.05) is 0 Å². The summed E-state index contributed by atoms with van der Waals surface area (Å²) < 4.78 is 0. The highest BCUT2D eigenvalue weighted by atomic mass is 16.4. The van der Waals surface area contributed by atoms with Crippen molar-refractivity contribution >= 4 is 11.9 Å². The third kappa shape index (κ3) is 9.87. The zero-order valence-corrected chi connectivity index (χ0v) is 10.9. The lowest BCUT2D eigenvalue weighted by molar-refractivity contribution is -0.140. The number of hydrogen-bond donors (Lipinski definition) is 2. The van der Waals surface area contributed by atoms with Gasteiger partial charge in [-0.2, -0.15) is 0 Å². The minimum absolute atomic E-state index is 0.264. The Kier molecular flexibility index (Phi) is 10.0. The molecule has 0 aliphatic rings. The Bertz CT molecular complexity index is 261. The van der Waals surface area contributed by atoms with Crippen LogP contribution in [0.5, 0.6) is 0 Å². The van der Waals surface area contributed by atoms with E-state index in [9.17, 15) is 9.59 Å². The van der Waals surface area contributed by atoms with Gasteiger partial charge in [0.25, 0.3) is 0 Å². The number of aliphatic carboxylic acids is 2. The number of carboxylic acids is 2. The molecule has 4 heteroatoms. The quantitative estimate of drug-likeness (QED) is 0.414. The van der Waals surface area contributed by atoms with E-state index in [4.69, 9.17) is 10.2 Å². The molecule has 0 aromatic carbocycles. The Hall–Kier alpha value is -1.32. The topological polar surface area (TPSA) is 74.6 Å². The van der Waals surface area contributed by atoms with Gasteiger partial charge in [-0.15, -0.1) is 6.58 Å². The lowest BCUT2D eigenvalue weighted by atomic mass is 10.0. The van der Waals surface area contributed by atoms with Crippen molar-refractivity contribution in [2.45, 2.75) is 57.8 Å². The van der Waals surface area contributed by atoms with Gasteiger partial charge in [-0.05, 0) is 12.8 Å². The first-order chi connectivity index (χ1) is 8.57. The predicted molar refractivity (Wildman–Crippen MR) is 70.5 cm³/mol. The van der Waals surface area contributed by atoms with Crippen molar-refractivity contribution in [3.05, 3.63) is 12.7 Å². The van der Waals surface area contributed by atoms with Gasteiger partial charge in [0.15, 0.2) is 0 Å². The SMILES string of the molecule is C=CC(CCCCCCCCCC(=O)O)C(=O)O. The Balaban J connectivity index is 3.28. The number of hydrogen-bond acceptors (Lipinski definition) is 2. The van der Waals surface area contributed by atoms with Crippen LogP contribution in [-0.4, -0.2) is 22.2 Å². The fourth-order valence-electron chi connectivity index (χ4n) is 1.87. The first kappa shape index (κ1) is 16.7.